The Morgan fingerprint density at radius 3 is 2.40 bits per heavy atom. The number of nitrogens with one attached hydrogen (secondary N) is 1. The highest BCUT2D eigenvalue weighted by Crippen LogP contribution is 2.36. The average molecular weight is 277 g/mol. The van der Waals surface area contributed by atoms with Crippen LogP contribution in [0.1, 0.15) is 38.8 Å². The number of rotatable bonds is 1. The lowest BCUT2D eigenvalue weighted by Gasteiger charge is -2.32. The molecular weight excluding hydrogens is 256 g/mol. The Morgan fingerprint density at radius 2 is 1.75 bits per heavy atom. The normalized spacial score (nSPS) is 23.8. The Bertz CT molecular complexity index is 529. The van der Waals surface area contributed by atoms with Gasteiger partial charge in [0, 0.05) is 12.0 Å². The van der Waals surface area contributed by atoms with Gasteiger partial charge in [0.2, 0.25) is 0 Å². The summed E-state index contributed by atoms with van der Waals surface area (Å²) < 4.78 is 26.2. The van der Waals surface area contributed by atoms with Gasteiger partial charge in [0.25, 0.3) is 0 Å². The zero-order valence-corrected chi connectivity index (χ0v) is 12.5. The minimum absolute atomic E-state index is 0.244. The van der Waals surface area contributed by atoms with Gasteiger partial charge in [-0.2, -0.15) is 0 Å². The van der Waals surface area contributed by atoms with Crippen molar-refractivity contribution < 1.29 is 13.7 Å². The number of halogens is 1. The first kappa shape index (κ1) is 14.0. The van der Waals surface area contributed by atoms with Crippen molar-refractivity contribution in [2.24, 2.45) is 0 Å². The van der Waals surface area contributed by atoms with Crippen LogP contribution in [0, 0.1) is 5.82 Å². The number of fused-ring (bicyclic) bond motifs is 1. The van der Waals surface area contributed by atoms with E-state index in [0.29, 0.717) is 5.46 Å². The SMILES string of the molecule is CC1(C)OB(c2cc3c(cc2F)CNCC3)OC1(C)C. The molecule has 1 aromatic rings. The number of benzene rings is 1. The van der Waals surface area contributed by atoms with Gasteiger partial charge in [-0.1, -0.05) is 6.07 Å². The van der Waals surface area contributed by atoms with Crippen LogP contribution in [0.4, 0.5) is 4.39 Å². The van der Waals surface area contributed by atoms with Gasteiger partial charge in [0.1, 0.15) is 5.82 Å². The second kappa shape index (κ2) is 4.55. The maximum atomic E-state index is 14.3. The van der Waals surface area contributed by atoms with Crippen molar-refractivity contribution in [2.75, 3.05) is 6.54 Å². The second-order valence-electron chi connectivity index (χ2n) is 6.66. The van der Waals surface area contributed by atoms with E-state index in [2.05, 4.69) is 5.32 Å². The van der Waals surface area contributed by atoms with E-state index in [-0.39, 0.29) is 5.82 Å². The molecule has 1 aromatic carbocycles. The molecule has 1 N–H and O–H groups in total. The van der Waals surface area contributed by atoms with Gasteiger partial charge in [0.05, 0.1) is 11.2 Å². The summed E-state index contributed by atoms with van der Waals surface area (Å²) in [5.74, 6) is -0.244. The Hall–Kier alpha value is -0.905. The molecule has 1 fully saturated rings. The van der Waals surface area contributed by atoms with E-state index in [1.165, 1.54) is 5.56 Å². The Kier molecular flexibility index (Phi) is 3.20. The molecular formula is C15H21BFNO2. The van der Waals surface area contributed by atoms with Crippen LogP contribution in [0.25, 0.3) is 0 Å². The largest absolute Gasteiger partial charge is 0.497 e. The summed E-state index contributed by atoms with van der Waals surface area (Å²) in [6, 6.07) is 3.52. The van der Waals surface area contributed by atoms with Gasteiger partial charge in [-0.25, -0.2) is 4.39 Å². The van der Waals surface area contributed by atoms with E-state index in [1.54, 1.807) is 6.07 Å². The quantitative estimate of drug-likeness (QED) is 0.794. The van der Waals surface area contributed by atoms with E-state index >= 15 is 0 Å². The fraction of sp³-hybridized carbons (Fsp3) is 0.600. The first-order valence-electron chi connectivity index (χ1n) is 7.18. The zero-order chi connectivity index (χ0) is 14.5. The molecule has 0 unspecified atom stereocenters. The summed E-state index contributed by atoms with van der Waals surface area (Å²) in [4.78, 5) is 0. The lowest BCUT2D eigenvalue weighted by molar-refractivity contribution is 0.00578. The molecule has 0 atom stereocenters. The molecule has 1 saturated heterocycles. The predicted octanol–water partition coefficient (Wildman–Crippen LogP) is 1.77. The number of hydrogen-bond acceptors (Lipinski definition) is 3. The van der Waals surface area contributed by atoms with Gasteiger partial charge in [-0.05, 0) is 57.9 Å². The van der Waals surface area contributed by atoms with Crippen molar-refractivity contribution >= 4 is 12.6 Å². The molecule has 3 nitrogen and oxygen atoms in total. The van der Waals surface area contributed by atoms with Gasteiger partial charge in [-0.3, -0.25) is 0 Å². The molecule has 0 saturated carbocycles. The average Bonchev–Trinajstić information content (AvgIpc) is 2.57. The third kappa shape index (κ3) is 2.18. The Balaban J connectivity index is 1.96. The molecule has 0 amide bonds. The molecule has 108 valence electrons. The second-order valence-corrected chi connectivity index (χ2v) is 6.66. The first-order valence-corrected chi connectivity index (χ1v) is 7.18. The third-order valence-corrected chi connectivity index (χ3v) is 4.71. The van der Waals surface area contributed by atoms with Crippen molar-refractivity contribution in [3.63, 3.8) is 0 Å². The molecule has 0 aromatic heterocycles. The predicted molar refractivity (Wildman–Crippen MR) is 77.5 cm³/mol. The van der Waals surface area contributed by atoms with Crippen molar-refractivity contribution in [1.29, 1.82) is 0 Å². The Morgan fingerprint density at radius 1 is 1.10 bits per heavy atom. The molecule has 20 heavy (non-hydrogen) atoms. The Labute approximate surface area is 120 Å². The summed E-state index contributed by atoms with van der Waals surface area (Å²) in [5, 5.41) is 3.25. The minimum Gasteiger partial charge on any atom is -0.399 e. The zero-order valence-electron chi connectivity index (χ0n) is 12.5. The van der Waals surface area contributed by atoms with Crippen LogP contribution in [-0.2, 0) is 22.3 Å². The lowest BCUT2D eigenvalue weighted by Crippen LogP contribution is -2.41. The fourth-order valence-electron chi connectivity index (χ4n) is 2.67. The van der Waals surface area contributed by atoms with E-state index < -0.39 is 18.3 Å². The van der Waals surface area contributed by atoms with E-state index in [0.717, 1.165) is 25.1 Å². The molecule has 5 heteroatoms. The molecule has 0 spiro atoms. The summed E-state index contributed by atoms with van der Waals surface area (Å²) in [7, 11) is -0.625. The van der Waals surface area contributed by atoms with Crippen LogP contribution in [0.5, 0.6) is 0 Å². The molecule has 3 rings (SSSR count). The molecule has 2 aliphatic heterocycles. The molecule has 2 aliphatic rings. The molecule has 0 aliphatic carbocycles. The third-order valence-electron chi connectivity index (χ3n) is 4.71. The smallest absolute Gasteiger partial charge is 0.399 e. The highest BCUT2D eigenvalue weighted by molar-refractivity contribution is 6.62. The van der Waals surface area contributed by atoms with Crippen LogP contribution >= 0.6 is 0 Å². The molecule has 0 bridgehead atoms. The standard InChI is InChI=1S/C15H21BFNO2/c1-14(2)15(3,4)20-16(19-14)12-7-10-5-6-18-9-11(10)8-13(12)17/h7-8,18H,5-6,9H2,1-4H3. The summed E-state index contributed by atoms with van der Waals surface area (Å²) >= 11 is 0. The monoisotopic (exact) mass is 277 g/mol. The first-order chi connectivity index (χ1) is 9.30. The highest BCUT2D eigenvalue weighted by atomic mass is 19.1. The minimum atomic E-state index is -0.625. The molecule has 0 radical (unpaired) electrons. The number of hydrogen-bond donors (Lipinski definition) is 1. The van der Waals surface area contributed by atoms with Crippen LogP contribution in [-0.4, -0.2) is 24.9 Å². The van der Waals surface area contributed by atoms with Gasteiger partial charge >= 0.3 is 7.12 Å². The summed E-state index contributed by atoms with van der Waals surface area (Å²) in [6.45, 7) is 9.58. The summed E-state index contributed by atoms with van der Waals surface area (Å²) in [5.41, 5.74) is 1.86. The van der Waals surface area contributed by atoms with Gasteiger partial charge in [0.15, 0.2) is 0 Å². The topological polar surface area (TPSA) is 30.5 Å². The van der Waals surface area contributed by atoms with Crippen LogP contribution in [0.3, 0.4) is 0 Å². The maximum absolute atomic E-state index is 14.3. The highest BCUT2D eigenvalue weighted by Gasteiger charge is 2.52. The molecule has 2 heterocycles. The van der Waals surface area contributed by atoms with E-state index in [9.17, 15) is 4.39 Å². The summed E-state index contributed by atoms with van der Waals surface area (Å²) in [6.07, 6.45) is 0.919. The van der Waals surface area contributed by atoms with Crippen molar-refractivity contribution in [2.45, 2.75) is 51.9 Å². The van der Waals surface area contributed by atoms with E-state index in [4.69, 9.17) is 9.31 Å². The lowest BCUT2D eigenvalue weighted by atomic mass is 9.76. The van der Waals surface area contributed by atoms with Gasteiger partial charge in [-0.15, -0.1) is 0 Å². The van der Waals surface area contributed by atoms with Crippen LogP contribution in [0.2, 0.25) is 0 Å². The van der Waals surface area contributed by atoms with E-state index in [1.807, 2.05) is 33.8 Å². The van der Waals surface area contributed by atoms with Crippen molar-refractivity contribution in [1.82, 2.24) is 5.32 Å². The van der Waals surface area contributed by atoms with Crippen LogP contribution < -0.4 is 10.8 Å². The van der Waals surface area contributed by atoms with Gasteiger partial charge < -0.3 is 14.6 Å². The van der Waals surface area contributed by atoms with Crippen molar-refractivity contribution in [3.05, 3.63) is 29.1 Å². The fourth-order valence-corrected chi connectivity index (χ4v) is 2.67. The maximum Gasteiger partial charge on any atom is 0.497 e. The van der Waals surface area contributed by atoms with Crippen molar-refractivity contribution in [3.8, 4) is 0 Å². The van der Waals surface area contributed by atoms with Crippen LogP contribution in [0.15, 0.2) is 12.1 Å².